The van der Waals surface area contributed by atoms with Crippen molar-refractivity contribution in [3.63, 3.8) is 0 Å². The van der Waals surface area contributed by atoms with E-state index in [1.807, 2.05) is 22.0 Å². The van der Waals surface area contributed by atoms with Crippen LogP contribution in [0.2, 0.25) is 0 Å². The van der Waals surface area contributed by atoms with Crippen LogP contribution in [-0.4, -0.2) is 21.6 Å². The molecule has 0 radical (unpaired) electrons. The van der Waals surface area contributed by atoms with Crippen molar-refractivity contribution in [1.82, 2.24) is 9.38 Å². The van der Waals surface area contributed by atoms with Crippen LogP contribution in [0.15, 0.2) is 34.2 Å². The summed E-state index contributed by atoms with van der Waals surface area (Å²) in [5.41, 5.74) is 0.629. The summed E-state index contributed by atoms with van der Waals surface area (Å²) in [4.78, 5) is 5.16. The average molecular weight is 355 g/mol. The topological polar surface area (TPSA) is 56.0 Å². The third-order valence-corrected chi connectivity index (χ3v) is 4.20. The number of hydrogen-bond acceptors (Lipinski definition) is 5. The van der Waals surface area contributed by atoms with Gasteiger partial charge in [-0.25, -0.2) is 0 Å². The van der Waals surface area contributed by atoms with Gasteiger partial charge < -0.3 is 14.6 Å². The molecule has 3 rings (SSSR count). The Bertz CT molecular complexity index is 753. The second-order valence-corrected chi connectivity index (χ2v) is 5.70. The third-order valence-electron chi connectivity index (χ3n) is 2.82. The minimum absolute atomic E-state index is 0.138. The molecule has 0 aliphatic carbocycles. The molecule has 104 valence electrons. The summed E-state index contributed by atoms with van der Waals surface area (Å²) in [5.74, 6) is 1.76. The van der Waals surface area contributed by atoms with Crippen LogP contribution in [0.4, 0.5) is 0 Å². The molecule has 0 atom stereocenters. The molecule has 0 aliphatic heterocycles. The molecule has 3 aromatic rings. The summed E-state index contributed by atoms with van der Waals surface area (Å²) >= 11 is 4.91. The van der Waals surface area contributed by atoms with Gasteiger partial charge in [0.2, 0.25) is 5.88 Å². The van der Waals surface area contributed by atoms with Crippen LogP contribution in [0.25, 0.3) is 4.96 Å². The maximum atomic E-state index is 9.49. The van der Waals surface area contributed by atoms with Gasteiger partial charge in [0.1, 0.15) is 17.2 Å². The summed E-state index contributed by atoms with van der Waals surface area (Å²) in [6.07, 6.45) is 1.86. The lowest BCUT2D eigenvalue weighted by atomic mass is 10.3. The molecule has 20 heavy (non-hydrogen) atoms. The van der Waals surface area contributed by atoms with Crippen LogP contribution in [0.1, 0.15) is 5.69 Å². The van der Waals surface area contributed by atoms with Gasteiger partial charge in [-0.2, -0.15) is 4.98 Å². The minimum atomic E-state index is -0.138. The van der Waals surface area contributed by atoms with E-state index in [-0.39, 0.29) is 6.61 Å². The van der Waals surface area contributed by atoms with Crippen LogP contribution in [0.5, 0.6) is 17.4 Å². The van der Waals surface area contributed by atoms with Gasteiger partial charge in [0, 0.05) is 11.6 Å². The first-order valence-electron chi connectivity index (χ1n) is 5.79. The third kappa shape index (κ3) is 2.28. The zero-order valence-corrected chi connectivity index (χ0v) is 12.9. The number of aliphatic hydroxyl groups excluding tert-OH is 1. The highest BCUT2D eigenvalue weighted by molar-refractivity contribution is 9.10. The van der Waals surface area contributed by atoms with Crippen molar-refractivity contribution < 1.29 is 14.6 Å². The normalized spacial score (nSPS) is 10.9. The maximum Gasteiger partial charge on any atom is 0.244 e. The van der Waals surface area contributed by atoms with Gasteiger partial charge in [0.25, 0.3) is 0 Å². The van der Waals surface area contributed by atoms with Gasteiger partial charge in [-0.15, -0.1) is 11.3 Å². The quantitative estimate of drug-likeness (QED) is 0.779. The number of benzene rings is 1. The molecule has 0 bridgehead atoms. The predicted octanol–water partition coefficient (Wildman–Crippen LogP) is 3.45. The standard InChI is InChI=1S/C13H11BrN2O3S/c1-18-8-2-3-11(9(14)6-8)19-12-10(7-17)16-4-5-20-13(16)15-12/h2-6,17H,7H2,1H3. The van der Waals surface area contributed by atoms with Gasteiger partial charge in [-0.05, 0) is 34.1 Å². The molecule has 1 aromatic carbocycles. The molecule has 7 heteroatoms. The summed E-state index contributed by atoms with van der Waals surface area (Å²) in [6, 6.07) is 5.40. The van der Waals surface area contributed by atoms with E-state index < -0.39 is 0 Å². The lowest BCUT2D eigenvalue weighted by Crippen LogP contribution is -1.94. The lowest BCUT2D eigenvalue weighted by molar-refractivity contribution is 0.269. The zero-order chi connectivity index (χ0) is 14.1. The fraction of sp³-hybridized carbons (Fsp3) is 0.154. The van der Waals surface area contributed by atoms with E-state index in [1.165, 1.54) is 11.3 Å². The van der Waals surface area contributed by atoms with Gasteiger partial charge in [-0.1, -0.05) is 0 Å². The largest absolute Gasteiger partial charge is 0.497 e. The summed E-state index contributed by atoms with van der Waals surface area (Å²) in [5, 5.41) is 11.4. The molecule has 0 amide bonds. The number of aliphatic hydroxyl groups is 1. The molecule has 2 heterocycles. The first-order chi connectivity index (χ1) is 9.72. The van der Waals surface area contributed by atoms with Gasteiger partial charge in [-0.3, -0.25) is 4.40 Å². The first kappa shape index (κ1) is 13.4. The molecule has 0 spiro atoms. The Morgan fingerprint density at radius 2 is 2.30 bits per heavy atom. The second-order valence-electron chi connectivity index (χ2n) is 3.98. The van der Waals surface area contributed by atoms with Gasteiger partial charge in [0.15, 0.2) is 4.96 Å². The van der Waals surface area contributed by atoms with Crippen LogP contribution in [0, 0.1) is 0 Å². The number of nitrogens with zero attached hydrogens (tertiary/aromatic N) is 2. The van der Waals surface area contributed by atoms with E-state index in [0.717, 1.165) is 15.2 Å². The molecule has 5 nitrogen and oxygen atoms in total. The number of thiazole rings is 1. The number of halogens is 1. The molecule has 0 saturated carbocycles. The fourth-order valence-electron chi connectivity index (χ4n) is 1.83. The van der Waals surface area contributed by atoms with E-state index in [1.54, 1.807) is 19.2 Å². The minimum Gasteiger partial charge on any atom is -0.497 e. The molecular formula is C13H11BrN2O3S. The maximum absolute atomic E-state index is 9.49. The Hall–Kier alpha value is -1.57. The Labute approximate surface area is 127 Å². The molecule has 0 fully saturated rings. The smallest absolute Gasteiger partial charge is 0.244 e. The number of imidazole rings is 1. The fourth-order valence-corrected chi connectivity index (χ4v) is 3.00. The van der Waals surface area contributed by atoms with Crippen molar-refractivity contribution >= 4 is 32.2 Å². The Kier molecular flexibility index (Phi) is 3.64. The van der Waals surface area contributed by atoms with E-state index in [9.17, 15) is 5.11 Å². The Morgan fingerprint density at radius 1 is 1.45 bits per heavy atom. The van der Waals surface area contributed by atoms with Crippen molar-refractivity contribution in [3.8, 4) is 17.4 Å². The van der Waals surface area contributed by atoms with Crippen molar-refractivity contribution in [2.75, 3.05) is 7.11 Å². The first-order valence-corrected chi connectivity index (χ1v) is 7.47. The highest BCUT2D eigenvalue weighted by Crippen LogP contribution is 2.34. The molecule has 0 saturated heterocycles. The number of rotatable bonds is 4. The van der Waals surface area contributed by atoms with Crippen molar-refractivity contribution in [3.05, 3.63) is 39.9 Å². The molecule has 0 aliphatic rings. The monoisotopic (exact) mass is 354 g/mol. The van der Waals surface area contributed by atoms with E-state index in [4.69, 9.17) is 9.47 Å². The predicted molar refractivity (Wildman–Crippen MR) is 79.8 cm³/mol. The second kappa shape index (κ2) is 5.43. The van der Waals surface area contributed by atoms with Crippen LogP contribution in [0.3, 0.4) is 0 Å². The highest BCUT2D eigenvalue weighted by Gasteiger charge is 2.15. The van der Waals surface area contributed by atoms with Crippen LogP contribution in [-0.2, 0) is 6.61 Å². The molecule has 2 aromatic heterocycles. The number of hydrogen-bond donors (Lipinski definition) is 1. The Balaban J connectivity index is 1.98. The average Bonchev–Trinajstić information content (AvgIpc) is 3.01. The summed E-state index contributed by atoms with van der Waals surface area (Å²) < 4.78 is 13.5. The van der Waals surface area contributed by atoms with E-state index in [2.05, 4.69) is 20.9 Å². The SMILES string of the molecule is COc1ccc(Oc2nc3sccn3c2CO)c(Br)c1. The van der Waals surface area contributed by atoms with Crippen molar-refractivity contribution in [2.45, 2.75) is 6.61 Å². The van der Waals surface area contributed by atoms with Crippen LogP contribution >= 0.6 is 27.3 Å². The Morgan fingerprint density at radius 3 is 3.00 bits per heavy atom. The zero-order valence-electron chi connectivity index (χ0n) is 10.5. The number of ether oxygens (including phenoxy) is 2. The van der Waals surface area contributed by atoms with Gasteiger partial charge >= 0.3 is 0 Å². The van der Waals surface area contributed by atoms with Crippen molar-refractivity contribution in [2.24, 2.45) is 0 Å². The lowest BCUT2D eigenvalue weighted by Gasteiger charge is -2.08. The number of fused-ring (bicyclic) bond motifs is 1. The molecule has 1 N–H and O–H groups in total. The molecular weight excluding hydrogens is 344 g/mol. The van der Waals surface area contributed by atoms with Crippen molar-refractivity contribution in [1.29, 1.82) is 0 Å². The number of methoxy groups -OCH3 is 1. The number of aromatic nitrogens is 2. The van der Waals surface area contributed by atoms with Gasteiger partial charge in [0.05, 0.1) is 18.2 Å². The summed E-state index contributed by atoms with van der Waals surface area (Å²) in [7, 11) is 1.61. The van der Waals surface area contributed by atoms with Crippen LogP contribution < -0.4 is 9.47 Å². The summed E-state index contributed by atoms with van der Waals surface area (Å²) in [6.45, 7) is -0.138. The van der Waals surface area contributed by atoms with E-state index in [0.29, 0.717) is 17.3 Å². The highest BCUT2D eigenvalue weighted by atomic mass is 79.9. The van der Waals surface area contributed by atoms with E-state index >= 15 is 0 Å². The molecule has 0 unspecified atom stereocenters.